The number of aliphatic hydroxyl groups is 1. The Kier molecular flexibility index (Phi) is 4.18. The summed E-state index contributed by atoms with van der Waals surface area (Å²) >= 11 is 0. The SMILES string of the molecule is O=C(CCC1CCCO1)N(CCO)C1CC1. The summed E-state index contributed by atoms with van der Waals surface area (Å²) in [6, 6.07) is 0.407. The predicted octanol–water partition coefficient (Wildman–Crippen LogP) is 0.929. The van der Waals surface area contributed by atoms with Crippen molar-refractivity contribution in [2.24, 2.45) is 0 Å². The van der Waals surface area contributed by atoms with Gasteiger partial charge in [0.1, 0.15) is 0 Å². The fourth-order valence-corrected chi connectivity index (χ4v) is 2.30. The lowest BCUT2D eigenvalue weighted by molar-refractivity contribution is -0.132. The largest absolute Gasteiger partial charge is 0.395 e. The second-order valence-electron chi connectivity index (χ2n) is 4.72. The number of hydrogen-bond donors (Lipinski definition) is 1. The third kappa shape index (κ3) is 3.19. The van der Waals surface area contributed by atoms with E-state index in [4.69, 9.17) is 9.84 Å². The van der Waals surface area contributed by atoms with Crippen LogP contribution in [0, 0.1) is 0 Å². The van der Waals surface area contributed by atoms with Gasteiger partial charge in [0.05, 0.1) is 12.7 Å². The molecule has 0 aromatic carbocycles. The lowest BCUT2D eigenvalue weighted by atomic mass is 10.1. The summed E-state index contributed by atoms with van der Waals surface area (Å²) in [5.41, 5.74) is 0. The highest BCUT2D eigenvalue weighted by atomic mass is 16.5. The Bertz CT molecular complexity index is 234. The molecule has 0 aromatic rings. The van der Waals surface area contributed by atoms with Crippen LogP contribution in [0.3, 0.4) is 0 Å². The molecule has 1 atom stereocenters. The Balaban J connectivity index is 1.71. The van der Waals surface area contributed by atoms with Gasteiger partial charge >= 0.3 is 0 Å². The van der Waals surface area contributed by atoms with E-state index < -0.39 is 0 Å². The second kappa shape index (κ2) is 5.64. The Morgan fingerprint density at radius 3 is 2.75 bits per heavy atom. The van der Waals surface area contributed by atoms with Crippen molar-refractivity contribution in [1.82, 2.24) is 4.90 Å². The fraction of sp³-hybridized carbons (Fsp3) is 0.917. The summed E-state index contributed by atoms with van der Waals surface area (Å²) in [4.78, 5) is 13.8. The Labute approximate surface area is 96.6 Å². The molecule has 1 saturated heterocycles. The summed E-state index contributed by atoms with van der Waals surface area (Å²) in [5.74, 6) is 0.187. The molecule has 1 amide bonds. The van der Waals surface area contributed by atoms with Crippen LogP contribution in [0.25, 0.3) is 0 Å². The second-order valence-corrected chi connectivity index (χ2v) is 4.72. The third-order valence-corrected chi connectivity index (χ3v) is 3.35. The molecule has 2 aliphatic rings. The van der Waals surface area contributed by atoms with Crippen LogP contribution >= 0.6 is 0 Å². The van der Waals surface area contributed by atoms with E-state index >= 15 is 0 Å². The quantitative estimate of drug-likeness (QED) is 0.734. The van der Waals surface area contributed by atoms with Gasteiger partial charge in [-0.15, -0.1) is 0 Å². The predicted molar refractivity (Wildman–Crippen MR) is 60.0 cm³/mol. The summed E-state index contributed by atoms with van der Waals surface area (Å²) in [6.07, 6.45) is 6.13. The summed E-state index contributed by atoms with van der Waals surface area (Å²) in [5, 5.41) is 8.92. The molecule has 4 heteroatoms. The lowest BCUT2D eigenvalue weighted by Gasteiger charge is -2.22. The highest BCUT2D eigenvalue weighted by Crippen LogP contribution is 2.27. The molecule has 1 aliphatic carbocycles. The van der Waals surface area contributed by atoms with Crippen molar-refractivity contribution in [2.45, 2.75) is 50.7 Å². The van der Waals surface area contributed by atoms with Crippen LogP contribution in [0.2, 0.25) is 0 Å². The number of carbonyl (C=O) groups is 1. The summed E-state index contributed by atoms with van der Waals surface area (Å²) < 4.78 is 5.50. The van der Waals surface area contributed by atoms with Crippen molar-refractivity contribution in [3.63, 3.8) is 0 Å². The van der Waals surface area contributed by atoms with Gasteiger partial charge < -0.3 is 14.7 Å². The molecule has 0 radical (unpaired) electrons. The zero-order valence-corrected chi connectivity index (χ0v) is 9.73. The van der Waals surface area contributed by atoms with E-state index in [0.717, 1.165) is 38.7 Å². The minimum atomic E-state index is 0.0716. The first kappa shape index (κ1) is 11.9. The number of hydrogen-bond acceptors (Lipinski definition) is 3. The summed E-state index contributed by atoms with van der Waals surface area (Å²) in [6.45, 7) is 1.42. The molecule has 0 bridgehead atoms. The number of carbonyl (C=O) groups excluding carboxylic acids is 1. The van der Waals surface area contributed by atoms with Crippen molar-refractivity contribution in [2.75, 3.05) is 19.8 Å². The molecule has 1 unspecified atom stereocenters. The molecular weight excluding hydrogens is 206 g/mol. The van der Waals surface area contributed by atoms with Crippen molar-refractivity contribution in [3.05, 3.63) is 0 Å². The maximum Gasteiger partial charge on any atom is 0.222 e. The molecule has 1 N–H and O–H groups in total. The molecule has 0 spiro atoms. The fourth-order valence-electron chi connectivity index (χ4n) is 2.30. The van der Waals surface area contributed by atoms with Crippen LogP contribution in [0.5, 0.6) is 0 Å². The highest BCUT2D eigenvalue weighted by Gasteiger charge is 2.32. The van der Waals surface area contributed by atoms with Crippen molar-refractivity contribution in [1.29, 1.82) is 0 Å². The van der Waals surface area contributed by atoms with E-state index in [0.29, 0.717) is 25.1 Å². The van der Waals surface area contributed by atoms with Gasteiger partial charge in [0.25, 0.3) is 0 Å². The topological polar surface area (TPSA) is 49.8 Å². The third-order valence-electron chi connectivity index (χ3n) is 3.35. The number of amides is 1. The number of nitrogens with zero attached hydrogens (tertiary/aromatic N) is 1. The average molecular weight is 227 g/mol. The maximum absolute atomic E-state index is 11.9. The van der Waals surface area contributed by atoms with E-state index in [2.05, 4.69) is 0 Å². The first-order valence-corrected chi connectivity index (χ1v) is 6.33. The normalized spacial score (nSPS) is 24.7. The van der Waals surface area contributed by atoms with Gasteiger partial charge in [0, 0.05) is 25.6 Å². The number of ether oxygens (including phenoxy) is 1. The van der Waals surface area contributed by atoms with E-state index in [9.17, 15) is 4.79 Å². The van der Waals surface area contributed by atoms with Gasteiger partial charge in [0.2, 0.25) is 5.91 Å². The Morgan fingerprint density at radius 1 is 1.38 bits per heavy atom. The van der Waals surface area contributed by atoms with E-state index in [-0.39, 0.29) is 12.5 Å². The molecule has 1 aliphatic heterocycles. The van der Waals surface area contributed by atoms with Crippen LogP contribution in [0.15, 0.2) is 0 Å². The van der Waals surface area contributed by atoms with Gasteiger partial charge in [-0.05, 0) is 32.1 Å². The zero-order valence-electron chi connectivity index (χ0n) is 9.73. The van der Waals surface area contributed by atoms with E-state index in [1.54, 1.807) is 0 Å². The molecule has 0 aromatic heterocycles. The van der Waals surface area contributed by atoms with Crippen molar-refractivity contribution < 1.29 is 14.6 Å². The van der Waals surface area contributed by atoms with E-state index in [1.807, 2.05) is 4.90 Å². The van der Waals surface area contributed by atoms with Crippen LogP contribution < -0.4 is 0 Å². The Morgan fingerprint density at radius 2 is 2.19 bits per heavy atom. The van der Waals surface area contributed by atoms with Gasteiger partial charge in [0.15, 0.2) is 0 Å². The number of rotatable bonds is 6. The van der Waals surface area contributed by atoms with Gasteiger partial charge in [-0.3, -0.25) is 4.79 Å². The molecule has 2 fully saturated rings. The average Bonchev–Trinajstić information content (AvgIpc) is 2.99. The van der Waals surface area contributed by atoms with Gasteiger partial charge in [-0.25, -0.2) is 0 Å². The maximum atomic E-state index is 11.9. The highest BCUT2D eigenvalue weighted by molar-refractivity contribution is 5.76. The molecule has 4 nitrogen and oxygen atoms in total. The standard InChI is InChI=1S/C12H21NO3/c14-8-7-13(10-3-4-10)12(15)6-5-11-2-1-9-16-11/h10-11,14H,1-9H2. The minimum Gasteiger partial charge on any atom is -0.395 e. The van der Waals surface area contributed by atoms with Crippen LogP contribution in [-0.4, -0.2) is 47.8 Å². The first-order valence-electron chi connectivity index (χ1n) is 6.33. The van der Waals surface area contributed by atoms with Gasteiger partial charge in [-0.2, -0.15) is 0 Å². The summed E-state index contributed by atoms with van der Waals surface area (Å²) in [7, 11) is 0. The van der Waals surface area contributed by atoms with E-state index in [1.165, 1.54) is 0 Å². The first-order chi connectivity index (χ1) is 7.81. The molecule has 1 heterocycles. The monoisotopic (exact) mass is 227 g/mol. The van der Waals surface area contributed by atoms with Crippen LogP contribution in [-0.2, 0) is 9.53 Å². The molecule has 92 valence electrons. The molecule has 2 rings (SSSR count). The smallest absolute Gasteiger partial charge is 0.222 e. The Hall–Kier alpha value is -0.610. The number of aliphatic hydroxyl groups excluding tert-OH is 1. The zero-order chi connectivity index (χ0) is 11.4. The van der Waals surface area contributed by atoms with Crippen molar-refractivity contribution >= 4 is 5.91 Å². The molecule has 16 heavy (non-hydrogen) atoms. The molecular formula is C12H21NO3. The van der Waals surface area contributed by atoms with Gasteiger partial charge in [-0.1, -0.05) is 0 Å². The lowest BCUT2D eigenvalue weighted by Crippen LogP contribution is -2.35. The van der Waals surface area contributed by atoms with Crippen molar-refractivity contribution in [3.8, 4) is 0 Å². The van der Waals surface area contributed by atoms with Crippen LogP contribution in [0.1, 0.15) is 38.5 Å². The van der Waals surface area contributed by atoms with Crippen LogP contribution in [0.4, 0.5) is 0 Å². The minimum absolute atomic E-state index is 0.0716. The molecule has 1 saturated carbocycles.